The lowest BCUT2D eigenvalue weighted by molar-refractivity contribution is -0.117. The number of ether oxygens (including phenoxy) is 1. The molecule has 1 aliphatic heterocycles. The molecule has 2 unspecified atom stereocenters. The predicted molar refractivity (Wildman–Crippen MR) is 98.1 cm³/mol. The third kappa shape index (κ3) is 4.99. The number of sulfone groups is 1. The van der Waals surface area contributed by atoms with Crippen LogP contribution < -0.4 is 10.1 Å². The van der Waals surface area contributed by atoms with E-state index in [4.69, 9.17) is 4.74 Å². The van der Waals surface area contributed by atoms with E-state index < -0.39 is 15.7 Å². The highest BCUT2D eigenvalue weighted by molar-refractivity contribution is 7.91. The average Bonchev–Trinajstić information content (AvgIpc) is 2.99. The van der Waals surface area contributed by atoms with E-state index in [0.717, 1.165) is 11.3 Å². The van der Waals surface area contributed by atoms with Crippen molar-refractivity contribution in [3.63, 3.8) is 0 Å². The van der Waals surface area contributed by atoms with Crippen LogP contribution in [0.15, 0.2) is 36.0 Å². The summed E-state index contributed by atoms with van der Waals surface area (Å²) < 4.78 is 28.3. The van der Waals surface area contributed by atoms with Gasteiger partial charge >= 0.3 is 0 Å². The largest absolute Gasteiger partial charge is 0.497 e. The van der Waals surface area contributed by atoms with Crippen molar-refractivity contribution in [2.75, 3.05) is 25.7 Å². The van der Waals surface area contributed by atoms with Crippen molar-refractivity contribution in [2.45, 2.75) is 25.4 Å². The molecular weight excluding hydrogens is 354 g/mol. The van der Waals surface area contributed by atoms with Gasteiger partial charge in [-0.2, -0.15) is 5.26 Å². The summed E-state index contributed by atoms with van der Waals surface area (Å²) in [5.74, 6) is 0.405. The Labute approximate surface area is 154 Å². The SMILES string of the molecule is COc1ccc(C(C)NC(=O)/C(C#N)=C\N(C)C2CCS(=O)(=O)C2)cc1. The van der Waals surface area contributed by atoms with Crippen molar-refractivity contribution in [1.29, 1.82) is 5.26 Å². The average molecular weight is 377 g/mol. The summed E-state index contributed by atoms with van der Waals surface area (Å²) in [6, 6.07) is 8.67. The Morgan fingerprint density at radius 1 is 1.42 bits per heavy atom. The normalized spacial score (nSPS) is 20.1. The second-order valence-electron chi connectivity index (χ2n) is 6.35. The van der Waals surface area contributed by atoms with E-state index in [0.29, 0.717) is 6.42 Å². The monoisotopic (exact) mass is 377 g/mol. The fourth-order valence-corrected chi connectivity index (χ4v) is 4.58. The summed E-state index contributed by atoms with van der Waals surface area (Å²) in [5, 5.41) is 12.1. The van der Waals surface area contributed by atoms with Crippen molar-refractivity contribution in [1.82, 2.24) is 10.2 Å². The topological polar surface area (TPSA) is 99.5 Å². The Morgan fingerprint density at radius 2 is 2.08 bits per heavy atom. The number of carbonyl (C=O) groups is 1. The lowest BCUT2D eigenvalue weighted by Gasteiger charge is -2.22. The van der Waals surface area contributed by atoms with Gasteiger partial charge in [-0.15, -0.1) is 0 Å². The minimum absolute atomic E-state index is 0.0442. The quantitative estimate of drug-likeness (QED) is 0.594. The first kappa shape index (κ1) is 19.8. The fourth-order valence-electron chi connectivity index (χ4n) is 2.79. The molecule has 1 heterocycles. The van der Waals surface area contributed by atoms with Gasteiger partial charge in [0, 0.05) is 19.3 Å². The van der Waals surface area contributed by atoms with Crippen molar-refractivity contribution in [3.05, 3.63) is 41.6 Å². The molecule has 1 aromatic carbocycles. The maximum Gasteiger partial charge on any atom is 0.263 e. The molecule has 0 saturated carbocycles. The number of nitrogens with one attached hydrogen (secondary N) is 1. The minimum Gasteiger partial charge on any atom is -0.497 e. The van der Waals surface area contributed by atoms with Gasteiger partial charge in [0.15, 0.2) is 9.84 Å². The van der Waals surface area contributed by atoms with Gasteiger partial charge in [0.05, 0.1) is 24.7 Å². The summed E-state index contributed by atoms with van der Waals surface area (Å²) in [5.41, 5.74) is 0.823. The molecule has 26 heavy (non-hydrogen) atoms. The van der Waals surface area contributed by atoms with Gasteiger partial charge in [-0.3, -0.25) is 4.79 Å². The van der Waals surface area contributed by atoms with Crippen LogP contribution in [0.25, 0.3) is 0 Å². The summed E-state index contributed by atoms with van der Waals surface area (Å²) in [6.07, 6.45) is 1.92. The molecule has 1 fully saturated rings. The third-order valence-electron chi connectivity index (χ3n) is 4.45. The van der Waals surface area contributed by atoms with Crippen LogP contribution in [0.4, 0.5) is 0 Å². The number of carbonyl (C=O) groups excluding carboxylic acids is 1. The van der Waals surface area contributed by atoms with Gasteiger partial charge < -0.3 is 15.0 Å². The Morgan fingerprint density at radius 3 is 2.58 bits per heavy atom. The molecule has 7 nitrogen and oxygen atoms in total. The number of nitrogens with zero attached hydrogens (tertiary/aromatic N) is 2. The summed E-state index contributed by atoms with van der Waals surface area (Å²) in [4.78, 5) is 14.0. The molecule has 1 N–H and O–H groups in total. The molecule has 1 saturated heterocycles. The van der Waals surface area contributed by atoms with Crippen LogP contribution >= 0.6 is 0 Å². The molecule has 0 radical (unpaired) electrons. The second kappa shape index (κ2) is 8.23. The Bertz CT molecular complexity index is 825. The van der Waals surface area contributed by atoms with Crippen molar-refractivity contribution in [3.8, 4) is 11.8 Å². The first-order chi connectivity index (χ1) is 12.3. The molecule has 0 aromatic heterocycles. The van der Waals surface area contributed by atoms with Crippen LogP contribution in [0.5, 0.6) is 5.75 Å². The lowest BCUT2D eigenvalue weighted by Crippen LogP contribution is -2.32. The van der Waals surface area contributed by atoms with Crippen LogP contribution in [0.2, 0.25) is 0 Å². The Balaban J connectivity index is 2.04. The zero-order valence-electron chi connectivity index (χ0n) is 15.1. The summed E-state index contributed by atoms with van der Waals surface area (Å²) >= 11 is 0. The van der Waals surface area contributed by atoms with Gasteiger partial charge in [0.2, 0.25) is 0 Å². The Hall–Kier alpha value is -2.53. The molecule has 2 rings (SSSR count). The van der Waals surface area contributed by atoms with E-state index in [9.17, 15) is 18.5 Å². The zero-order chi connectivity index (χ0) is 19.3. The summed E-state index contributed by atoms with van der Waals surface area (Å²) in [7, 11) is 0.235. The summed E-state index contributed by atoms with van der Waals surface area (Å²) in [6.45, 7) is 1.82. The van der Waals surface area contributed by atoms with Crippen LogP contribution in [0.3, 0.4) is 0 Å². The lowest BCUT2D eigenvalue weighted by atomic mass is 10.1. The minimum atomic E-state index is -3.03. The molecule has 8 heteroatoms. The molecule has 1 amide bonds. The van der Waals surface area contributed by atoms with Crippen molar-refractivity contribution in [2.24, 2.45) is 0 Å². The van der Waals surface area contributed by atoms with Crippen molar-refractivity contribution < 1.29 is 17.9 Å². The van der Waals surface area contributed by atoms with Gasteiger partial charge in [-0.25, -0.2) is 8.42 Å². The van der Waals surface area contributed by atoms with E-state index in [1.165, 1.54) is 6.20 Å². The molecule has 2 atom stereocenters. The highest BCUT2D eigenvalue weighted by atomic mass is 32.2. The molecule has 1 aliphatic rings. The number of hydrogen-bond donors (Lipinski definition) is 1. The zero-order valence-corrected chi connectivity index (χ0v) is 15.9. The number of methoxy groups -OCH3 is 1. The van der Waals surface area contributed by atoms with Gasteiger partial charge in [0.1, 0.15) is 17.4 Å². The van der Waals surface area contributed by atoms with Crippen LogP contribution in [-0.2, 0) is 14.6 Å². The molecule has 1 aromatic rings. The van der Waals surface area contributed by atoms with Crippen LogP contribution in [0.1, 0.15) is 24.9 Å². The predicted octanol–water partition coefficient (Wildman–Crippen LogP) is 1.40. The van der Waals surface area contributed by atoms with Gasteiger partial charge in [-0.05, 0) is 31.0 Å². The Kier molecular flexibility index (Phi) is 6.27. The van der Waals surface area contributed by atoms with Gasteiger partial charge in [0.25, 0.3) is 5.91 Å². The fraction of sp³-hybridized carbons (Fsp3) is 0.444. The standard InChI is InChI=1S/C18H23N3O4S/c1-13(14-4-6-17(25-3)7-5-14)20-18(22)15(10-19)11-21(2)16-8-9-26(23,24)12-16/h4-7,11,13,16H,8-9,12H2,1-3H3,(H,20,22)/b15-11-. The van der Waals surface area contributed by atoms with E-state index in [1.807, 2.05) is 25.1 Å². The molecule has 0 bridgehead atoms. The highest BCUT2D eigenvalue weighted by Crippen LogP contribution is 2.19. The van der Waals surface area contributed by atoms with Crippen LogP contribution in [-0.4, -0.2) is 50.9 Å². The molecule has 140 valence electrons. The molecular formula is C18H23N3O4S. The number of benzene rings is 1. The number of amides is 1. The number of nitriles is 1. The maximum atomic E-state index is 12.4. The third-order valence-corrected chi connectivity index (χ3v) is 6.20. The maximum absolute atomic E-state index is 12.4. The first-order valence-corrected chi connectivity index (χ1v) is 10.1. The number of rotatable bonds is 6. The second-order valence-corrected chi connectivity index (χ2v) is 8.57. The first-order valence-electron chi connectivity index (χ1n) is 8.25. The van der Waals surface area contributed by atoms with Crippen LogP contribution in [0, 0.1) is 11.3 Å². The smallest absolute Gasteiger partial charge is 0.263 e. The van der Waals surface area contributed by atoms with E-state index in [2.05, 4.69) is 5.32 Å². The van der Waals surface area contributed by atoms with Gasteiger partial charge in [-0.1, -0.05) is 12.1 Å². The number of hydrogen-bond acceptors (Lipinski definition) is 6. The highest BCUT2D eigenvalue weighted by Gasteiger charge is 2.30. The van der Waals surface area contributed by atoms with Crippen molar-refractivity contribution >= 4 is 15.7 Å². The van der Waals surface area contributed by atoms with E-state index >= 15 is 0 Å². The molecule has 0 spiro atoms. The van der Waals surface area contributed by atoms with E-state index in [-0.39, 0.29) is 29.2 Å². The van der Waals surface area contributed by atoms with E-state index in [1.54, 1.807) is 31.2 Å². The molecule has 0 aliphatic carbocycles.